The highest BCUT2D eigenvalue weighted by atomic mass is 32.2. The van der Waals surface area contributed by atoms with Gasteiger partial charge in [0.15, 0.2) is 0 Å². The standard InChI is InChI=1S/C6H12O2S/c1-3-6(2)4-5-9(7)8/h5-6H,3-4H2,1-2H3. The second-order valence-electron chi connectivity index (χ2n) is 2.18. The third-order valence-electron chi connectivity index (χ3n) is 1.33. The van der Waals surface area contributed by atoms with Gasteiger partial charge in [-0.3, -0.25) is 0 Å². The largest absolute Gasteiger partial charge is 0.209 e. The normalized spacial score (nSPS) is 12.7. The third kappa shape index (κ3) is 5.56. The van der Waals surface area contributed by atoms with Crippen molar-refractivity contribution in [2.45, 2.75) is 26.7 Å². The molecule has 0 rings (SSSR count). The Hall–Kier alpha value is -0.310. The fourth-order valence-corrected chi connectivity index (χ4v) is 0.895. The summed E-state index contributed by atoms with van der Waals surface area (Å²) in [5.41, 5.74) is 0. The van der Waals surface area contributed by atoms with Gasteiger partial charge < -0.3 is 0 Å². The first kappa shape index (κ1) is 8.69. The molecule has 3 heteroatoms. The minimum absolute atomic E-state index is 0.489. The van der Waals surface area contributed by atoms with Crippen LogP contribution in [0.25, 0.3) is 0 Å². The summed E-state index contributed by atoms with van der Waals surface area (Å²) in [7, 11) is -1.96. The van der Waals surface area contributed by atoms with Crippen LogP contribution in [-0.4, -0.2) is 13.8 Å². The molecule has 0 fully saturated rings. The van der Waals surface area contributed by atoms with Crippen molar-refractivity contribution in [2.24, 2.45) is 5.92 Å². The van der Waals surface area contributed by atoms with Crippen molar-refractivity contribution in [3.63, 3.8) is 0 Å². The van der Waals surface area contributed by atoms with Crippen LogP contribution in [0.4, 0.5) is 0 Å². The van der Waals surface area contributed by atoms with E-state index in [1.165, 1.54) is 5.37 Å². The first-order chi connectivity index (χ1) is 4.16. The lowest BCUT2D eigenvalue weighted by Gasteiger charge is -1.99. The lowest BCUT2D eigenvalue weighted by molar-refractivity contribution is 0.591. The molecule has 0 aromatic carbocycles. The van der Waals surface area contributed by atoms with E-state index in [1.54, 1.807) is 0 Å². The Kier molecular flexibility index (Phi) is 4.40. The van der Waals surface area contributed by atoms with Crippen LogP contribution in [0.15, 0.2) is 0 Å². The Morgan fingerprint density at radius 2 is 2.11 bits per heavy atom. The van der Waals surface area contributed by atoms with Gasteiger partial charge in [0.2, 0.25) is 10.3 Å². The minimum Gasteiger partial charge on any atom is -0.185 e. The average molecular weight is 148 g/mol. The number of hydrogen-bond donors (Lipinski definition) is 0. The molecule has 9 heavy (non-hydrogen) atoms. The van der Waals surface area contributed by atoms with Gasteiger partial charge in [-0.15, -0.1) is 0 Å². The van der Waals surface area contributed by atoms with E-state index in [2.05, 4.69) is 0 Å². The van der Waals surface area contributed by atoms with E-state index in [0.29, 0.717) is 12.3 Å². The summed E-state index contributed by atoms with van der Waals surface area (Å²) in [6.45, 7) is 4.08. The van der Waals surface area contributed by atoms with Crippen molar-refractivity contribution in [3.05, 3.63) is 0 Å². The molecule has 2 nitrogen and oxygen atoms in total. The molecule has 1 atom stereocenters. The van der Waals surface area contributed by atoms with Crippen LogP contribution < -0.4 is 0 Å². The summed E-state index contributed by atoms with van der Waals surface area (Å²) in [5, 5.41) is 1.31. The van der Waals surface area contributed by atoms with Crippen molar-refractivity contribution in [1.82, 2.24) is 0 Å². The van der Waals surface area contributed by atoms with E-state index in [-0.39, 0.29) is 0 Å². The summed E-state index contributed by atoms with van der Waals surface area (Å²) >= 11 is 0. The van der Waals surface area contributed by atoms with E-state index in [1.807, 2.05) is 13.8 Å². The van der Waals surface area contributed by atoms with Crippen molar-refractivity contribution in [1.29, 1.82) is 0 Å². The Bertz CT molecular complexity index is 171. The zero-order valence-electron chi connectivity index (χ0n) is 5.79. The molecule has 0 N–H and O–H groups in total. The molecule has 54 valence electrons. The quantitative estimate of drug-likeness (QED) is 0.562. The highest BCUT2D eigenvalue weighted by molar-refractivity contribution is 7.71. The lowest BCUT2D eigenvalue weighted by Crippen LogP contribution is -1.91. The van der Waals surface area contributed by atoms with Crippen LogP contribution in [0.1, 0.15) is 26.7 Å². The van der Waals surface area contributed by atoms with Crippen molar-refractivity contribution >= 4 is 15.7 Å². The Morgan fingerprint density at radius 1 is 1.56 bits per heavy atom. The first-order valence-corrected chi connectivity index (χ1v) is 4.22. The Balaban J connectivity index is 3.63. The van der Waals surface area contributed by atoms with Gasteiger partial charge in [-0.25, -0.2) is 0 Å². The maximum atomic E-state index is 9.96. The first-order valence-electron chi connectivity index (χ1n) is 3.08. The molecule has 0 aliphatic heterocycles. The summed E-state index contributed by atoms with van der Waals surface area (Å²) < 4.78 is 19.9. The summed E-state index contributed by atoms with van der Waals surface area (Å²) in [6, 6.07) is 0. The third-order valence-corrected chi connectivity index (χ3v) is 1.80. The Labute approximate surface area is 57.4 Å². The fourth-order valence-electron chi connectivity index (χ4n) is 0.410. The zero-order chi connectivity index (χ0) is 7.28. The van der Waals surface area contributed by atoms with E-state index < -0.39 is 10.3 Å². The molecule has 0 aliphatic rings. The molecule has 0 bridgehead atoms. The van der Waals surface area contributed by atoms with Crippen molar-refractivity contribution < 1.29 is 8.42 Å². The SMILES string of the molecule is CCC(C)CC=S(=O)=O. The maximum Gasteiger partial charge on any atom is 0.209 e. The molecular formula is C6H12O2S. The Morgan fingerprint density at radius 3 is 2.44 bits per heavy atom. The van der Waals surface area contributed by atoms with E-state index in [0.717, 1.165) is 6.42 Å². The molecule has 0 heterocycles. The van der Waals surface area contributed by atoms with E-state index in [9.17, 15) is 8.42 Å². The van der Waals surface area contributed by atoms with Gasteiger partial charge in [0.25, 0.3) is 0 Å². The lowest BCUT2D eigenvalue weighted by atomic mass is 10.1. The molecule has 0 aromatic heterocycles. The van der Waals surface area contributed by atoms with Gasteiger partial charge in [0.1, 0.15) is 0 Å². The number of hydrogen-bond acceptors (Lipinski definition) is 2. The van der Waals surface area contributed by atoms with Gasteiger partial charge in [0, 0.05) is 5.37 Å². The van der Waals surface area contributed by atoms with Crippen LogP contribution >= 0.6 is 0 Å². The van der Waals surface area contributed by atoms with Crippen LogP contribution in [0.2, 0.25) is 0 Å². The second kappa shape index (κ2) is 4.56. The molecule has 0 saturated heterocycles. The molecular weight excluding hydrogens is 136 g/mol. The highest BCUT2D eigenvalue weighted by Gasteiger charge is 1.93. The van der Waals surface area contributed by atoms with Crippen molar-refractivity contribution in [2.75, 3.05) is 0 Å². The predicted molar refractivity (Wildman–Crippen MR) is 39.1 cm³/mol. The molecule has 0 aromatic rings. The molecule has 0 radical (unpaired) electrons. The zero-order valence-corrected chi connectivity index (χ0v) is 6.61. The topological polar surface area (TPSA) is 34.1 Å². The van der Waals surface area contributed by atoms with Gasteiger partial charge in [-0.2, -0.15) is 8.42 Å². The van der Waals surface area contributed by atoms with Crippen LogP contribution in [0, 0.1) is 5.92 Å². The van der Waals surface area contributed by atoms with Crippen LogP contribution in [-0.2, 0) is 10.3 Å². The molecule has 0 aliphatic carbocycles. The smallest absolute Gasteiger partial charge is 0.185 e. The van der Waals surface area contributed by atoms with Gasteiger partial charge in [0.05, 0.1) is 0 Å². The van der Waals surface area contributed by atoms with E-state index >= 15 is 0 Å². The van der Waals surface area contributed by atoms with Gasteiger partial charge in [-0.1, -0.05) is 20.3 Å². The highest BCUT2D eigenvalue weighted by Crippen LogP contribution is 2.02. The summed E-state index contributed by atoms with van der Waals surface area (Å²) in [5.74, 6) is 0.489. The molecule has 0 amide bonds. The summed E-state index contributed by atoms with van der Waals surface area (Å²) in [6.07, 6.45) is 1.71. The molecule has 0 saturated carbocycles. The average Bonchev–Trinajstić information content (AvgIpc) is 1.83. The monoisotopic (exact) mass is 148 g/mol. The maximum absolute atomic E-state index is 9.96. The van der Waals surface area contributed by atoms with Crippen LogP contribution in [0.3, 0.4) is 0 Å². The second-order valence-corrected chi connectivity index (χ2v) is 3.03. The minimum atomic E-state index is -1.96. The van der Waals surface area contributed by atoms with E-state index in [4.69, 9.17) is 0 Å². The molecule has 1 unspecified atom stereocenters. The molecule has 0 spiro atoms. The fraction of sp³-hybridized carbons (Fsp3) is 0.833. The summed E-state index contributed by atoms with van der Waals surface area (Å²) in [4.78, 5) is 0. The van der Waals surface area contributed by atoms with Gasteiger partial charge in [-0.05, 0) is 12.3 Å². The van der Waals surface area contributed by atoms with Crippen molar-refractivity contribution in [3.8, 4) is 0 Å². The van der Waals surface area contributed by atoms with Gasteiger partial charge >= 0.3 is 0 Å². The van der Waals surface area contributed by atoms with Crippen LogP contribution in [0.5, 0.6) is 0 Å². The predicted octanol–water partition coefficient (Wildman–Crippen LogP) is 1.10. The number of rotatable bonds is 3.